The van der Waals surface area contributed by atoms with Crippen LogP contribution >= 0.6 is 12.4 Å². The topological polar surface area (TPSA) is 68.2 Å². The normalized spacial score (nSPS) is 13.8. The summed E-state index contributed by atoms with van der Waals surface area (Å²) in [5.41, 5.74) is 8.14. The van der Waals surface area contributed by atoms with Crippen molar-refractivity contribution < 1.29 is 4.52 Å². The zero-order chi connectivity index (χ0) is 12.4. The number of benzene rings is 1. The molecule has 0 unspecified atom stereocenters. The van der Waals surface area contributed by atoms with Crippen LogP contribution in [0.15, 0.2) is 28.8 Å². The number of para-hydroxylation sites is 1. The maximum Gasteiger partial charge on any atom is 0.240 e. The summed E-state index contributed by atoms with van der Waals surface area (Å²) in [6.45, 7) is 2.01. The number of hydrogen-bond acceptors (Lipinski definition) is 5. The van der Waals surface area contributed by atoms with Crippen molar-refractivity contribution in [2.75, 3.05) is 11.4 Å². The lowest BCUT2D eigenvalue weighted by Crippen LogP contribution is -2.29. The predicted molar refractivity (Wildman–Crippen MR) is 75.3 cm³/mol. The summed E-state index contributed by atoms with van der Waals surface area (Å²) in [6.07, 6.45) is 2.31. The van der Waals surface area contributed by atoms with Gasteiger partial charge >= 0.3 is 0 Å². The SMILES string of the molecule is Cl.NCc1nc(CN2CCCc3ccccc32)no1. The largest absolute Gasteiger partial charge is 0.364 e. The van der Waals surface area contributed by atoms with Crippen LogP contribution in [0.2, 0.25) is 0 Å². The number of nitrogens with zero attached hydrogens (tertiary/aromatic N) is 3. The number of rotatable bonds is 3. The van der Waals surface area contributed by atoms with E-state index in [1.54, 1.807) is 0 Å². The third-order valence-corrected chi connectivity index (χ3v) is 3.22. The molecule has 0 atom stereocenters. The van der Waals surface area contributed by atoms with Crippen LogP contribution < -0.4 is 10.6 Å². The molecule has 1 aliphatic heterocycles. The maximum atomic E-state index is 5.46. The average molecular weight is 281 g/mol. The first kappa shape index (κ1) is 13.8. The predicted octanol–water partition coefficient (Wildman–Crippen LogP) is 1.90. The monoisotopic (exact) mass is 280 g/mol. The third-order valence-electron chi connectivity index (χ3n) is 3.22. The molecule has 1 aromatic carbocycles. The zero-order valence-corrected chi connectivity index (χ0v) is 11.4. The van der Waals surface area contributed by atoms with Crippen LogP contribution in [-0.2, 0) is 19.5 Å². The van der Waals surface area contributed by atoms with E-state index in [0.29, 0.717) is 24.8 Å². The molecular formula is C13H17ClN4O. The Hall–Kier alpha value is -1.59. The summed E-state index contributed by atoms with van der Waals surface area (Å²) >= 11 is 0. The fourth-order valence-corrected chi connectivity index (χ4v) is 2.38. The first-order chi connectivity index (χ1) is 8.86. The molecule has 0 saturated carbocycles. The zero-order valence-electron chi connectivity index (χ0n) is 10.6. The van der Waals surface area contributed by atoms with Crippen LogP contribution in [0.1, 0.15) is 23.7 Å². The summed E-state index contributed by atoms with van der Waals surface area (Å²) in [5, 5.41) is 3.95. The van der Waals surface area contributed by atoms with Gasteiger partial charge in [0.25, 0.3) is 0 Å². The van der Waals surface area contributed by atoms with E-state index in [0.717, 1.165) is 13.0 Å². The summed E-state index contributed by atoms with van der Waals surface area (Å²) in [7, 11) is 0. The van der Waals surface area contributed by atoms with Crippen molar-refractivity contribution in [3.8, 4) is 0 Å². The van der Waals surface area contributed by atoms with Gasteiger partial charge in [-0.05, 0) is 24.5 Å². The molecule has 1 aromatic heterocycles. The van der Waals surface area contributed by atoms with Gasteiger partial charge in [0.2, 0.25) is 5.89 Å². The fourth-order valence-electron chi connectivity index (χ4n) is 2.38. The minimum Gasteiger partial charge on any atom is -0.364 e. The second-order valence-electron chi connectivity index (χ2n) is 4.46. The van der Waals surface area contributed by atoms with E-state index >= 15 is 0 Å². The average Bonchev–Trinajstić information content (AvgIpc) is 2.87. The molecular weight excluding hydrogens is 264 g/mol. The highest BCUT2D eigenvalue weighted by atomic mass is 35.5. The summed E-state index contributed by atoms with van der Waals surface area (Å²) < 4.78 is 5.03. The van der Waals surface area contributed by atoms with Crippen molar-refractivity contribution in [3.63, 3.8) is 0 Å². The van der Waals surface area contributed by atoms with Gasteiger partial charge in [-0.3, -0.25) is 0 Å². The molecule has 0 spiro atoms. The summed E-state index contributed by atoms with van der Waals surface area (Å²) in [4.78, 5) is 6.55. The molecule has 0 aliphatic carbocycles. The van der Waals surface area contributed by atoms with Gasteiger partial charge < -0.3 is 15.2 Å². The Kier molecular flexibility index (Phi) is 4.39. The van der Waals surface area contributed by atoms with Crippen molar-refractivity contribution in [2.45, 2.75) is 25.9 Å². The van der Waals surface area contributed by atoms with Gasteiger partial charge in [-0.1, -0.05) is 23.4 Å². The van der Waals surface area contributed by atoms with Crippen molar-refractivity contribution in [1.29, 1.82) is 0 Å². The number of nitrogens with two attached hydrogens (primary N) is 1. The van der Waals surface area contributed by atoms with Crippen LogP contribution in [0.25, 0.3) is 0 Å². The van der Waals surface area contributed by atoms with Crippen LogP contribution in [0.3, 0.4) is 0 Å². The van der Waals surface area contributed by atoms with Crippen molar-refractivity contribution in [1.82, 2.24) is 10.1 Å². The molecule has 2 N–H and O–H groups in total. The smallest absolute Gasteiger partial charge is 0.240 e. The lowest BCUT2D eigenvalue weighted by molar-refractivity contribution is 0.374. The van der Waals surface area contributed by atoms with Gasteiger partial charge in [0.15, 0.2) is 5.82 Å². The van der Waals surface area contributed by atoms with Crippen molar-refractivity contribution in [3.05, 3.63) is 41.5 Å². The summed E-state index contributed by atoms with van der Waals surface area (Å²) in [5.74, 6) is 1.20. The molecule has 2 heterocycles. The first-order valence-electron chi connectivity index (χ1n) is 6.21. The molecule has 0 saturated heterocycles. The Morgan fingerprint density at radius 3 is 2.95 bits per heavy atom. The molecule has 0 radical (unpaired) electrons. The molecule has 102 valence electrons. The van der Waals surface area contributed by atoms with Gasteiger partial charge in [0, 0.05) is 12.2 Å². The Balaban J connectivity index is 0.00000133. The first-order valence-corrected chi connectivity index (χ1v) is 6.21. The number of fused-ring (bicyclic) bond motifs is 1. The van der Waals surface area contributed by atoms with Crippen LogP contribution in [0, 0.1) is 0 Å². The second kappa shape index (κ2) is 6.04. The number of anilines is 1. The van der Waals surface area contributed by atoms with Gasteiger partial charge in [-0.25, -0.2) is 0 Å². The fraction of sp³-hybridized carbons (Fsp3) is 0.385. The number of hydrogen-bond donors (Lipinski definition) is 1. The minimum atomic E-state index is 0. The highest BCUT2D eigenvalue weighted by Gasteiger charge is 2.18. The second-order valence-corrected chi connectivity index (χ2v) is 4.46. The molecule has 19 heavy (non-hydrogen) atoms. The molecule has 0 amide bonds. The molecule has 1 aliphatic rings. The Bertz CT molecular complexity index is 543. The number of aromatic nitrogens is 2. The number of halogens is 1. The minimum absolute atomic E-state index is 0. The third kappa shape index (κ3) is 2.88. The van der Waals surface area contributed by atoms with E-state index in [1.807, 2.05) is 0 Å². The molecule has 2 aromatic rings. The summed E-state index contributed by atoms with van der Waals surface area (Å²) in [6, 6.07) is 8.49. The van der Waals surface area contributed by atoms with E-state index in [1.165, 1.54) is 17.7 Å². The maximum absolute atomic E-state index is 5.46. The van der Waals surface area contributed by atoms with Gasteiger partial charge in [-0.2, -0.15) is 4.98 Å². The van der Waals surface area contributed by atoms with Crippen molar-refractivity contribution >= 4 is 18.1 Å². The van der Waals surface area contributed by atoms with E-state index < -0.39 is 0 Å². The quantitative estimate of drug-likeness (QED) is 0.930. The molecule has 0 fully saturated rings. The highest BCUT2D eigenvalue weighted by Crippen LogP contribution is 2.27. The lowest BCUT2D eigenvalue weighted by Gasteiger charge is -2.30. The van der Waals surface area contributed by atoms with E-state index in [-0.39, 0.29) is 12.4 Å². The standard InChI is InChI=1S/C13H16N4O.ClH/c14-8-13-15-12(16-18-13)9-17-7-3-5-10-4-1-2-6-11(10)17;/h1-2,4,6H,3,5,7-9,14H2;1H. The Morgan fingerprint density at radius 1 is 1.32 bits per heavy atom. The molecule has 6 heteroatoms. The molecule has 5 nitrogen and oxygen atoms in total. The Morgan fingerprint density at radius 2 is 2.16 bits per heavy atom. The van der Waals surface area contributed by atoms with Crippen LogP contribution in [0.4, 0.5) is 5.69 Å². The van der Waals surface area contributed by atoms with E-state index in [2.05, 4.69) is 39.3 Å². The van der Waals surface area contributed by atoms with Crippen LogP contribution in [0.5, 0.6) is 0 Å². The van der Waals surface area contributed by atoms with E-state index in [4.69, 9.17) is 10.3 Å². The van der Waals surface area contributed by atoms with E-state index in [9.17, 15) is 0 Å². The van der Waals surface area contributed by atoms with Gasteiger partial charge in [0.05, 0.1) is 13.1 Å². The van der Waals surface area contributed by atoms with Gasteiger partial charge in [-0.15, -0.1) is 12.4 Å². The lowest BCUT2D eigenvalue weighted by atomic mass is 10.0. The van der Waals surface area contributed by atoms with Gasteiger partial charge in [0.1, 0.15) is 0 Å². The molecule has 0 bridgehead atoms. The van der Waals surface area contributed by atoms with Crippen LogP contribution in [-0.4, -0.2) is 16.7 Å². The molecule has 3 rings (SSSR count). The highest BCUT2D eigenvalue weighted by molar-refractivity contribution is 5.85. The Labute approximate surface area is 118 Å². The van der Waals surface area contributed by atoms with Crippen molar-refractivity contribution in [2.24, 2.45) is 5.73 Å². The number of aryl methyl sites for hydroxylation is 1.